The number of hydrogen-bond donors (Lipinski definition) is 7. The molecule has 25 nitrogen and oxygen atoms in total. The van der Waals surface area contributed by atoms with Crippen molar-refractivity contribution >= 4 is 99.3 Å². The van der Waals surface area contributed by atoms with Gasteiger partial charge in [0.25, 0.3) is 11.8 Å². The summed E-state index contributed by atoms with van der Waals surface area (Å²) in [5.41, 5.74) is 6.34. The molecule has 0 spiro atoms. The predicted molar refractivity (Wildman–Crippen MR) is 367 cm³/mol. The van der Waals surface area contributed by atoms with E-state index in [1.54, 1.807) is 77.2 Å². The number of likely N-dealkylation sites (tertiary alicyclic amines) is 1. The van der Waals surface area contributed by atoms with E-state index < -0.39 is 83.6 Å². The van der Waals surface area contributed by atoms with E-state index in [1.165, 1.54) is 44.4 Å². The van der Waals surface area contributed by atoms with E-state index in [0.717, 1.165) is 27.6 Å². The first-order chi connectivity index (χ1) is 45.1. The zero-order chi connectivity index (χ0) is 70.1. The number of methoxy groups -OCH3 is 2. The number of ether oxygens (including phenoxy) is 3. The number of imide groups is 1. The summed E-state index contributed by atoms with van der Waals surface area (Å²) in [6, 6.07) is 11.5. The summed E-state index contributed by atoms with van der Waals surface area (Å²) in [5.74, 6) is -4.83. The maximum Gasteiger partial charge on any atom is 0.408 e. The van der Waals surface area contributed by atoms with Crippen LogP contribution in [0.15, 0.2) is 83.3 Å². The van der Waals surface area contributed by atoms with Crippen molar-refractivity contribution in [3.8, 4) is 0 Å². The lowest BCUT2D eigenvalue weighted by Crippen LogP contribution is -2.62. The Kier molecular flexibility index (Phi) is 31.0. The second-order valence-corrected chi connectivity index (χ2v) is 26.8. The minimum Gasteiger partial charge on any atom is -0.445 e. The predicted octanol–water partition coefficient (Wildman–Crippen LogP) is 6.77. The number of thiocarbonyl (C=S) groups is 1. The zero-order valence-electron chi connectivity index (χ0n) is 56.9. The monoisotopic (exact) mass is 1350 g/mol. The van der Waals surface area contributed by atoms with E-state index in [4.69, 9.17) is 37.2 Å². The first-order valence-electron chi connectivity index (χ1n) is 32.6. The fourth-order valence-electron chi connectivity index (χ4n) is 11.5. The van der Waals surface area contributed by atoms with Gasteiger partial charge in [-0.05, 0) is 93.4 Å². The van der Waals surface area contributed by atoms with Crippen LogP contribution >= 0.6 is 23.6 Å². The molecule has 8 N–H and O–H groups in total. The molecule has 3 aromatic rings. The third kappa shape index (κ3) is 23.4. The summed E-state index contributed by atoms with van der Waals surface area (Å²) in [7, 11) is 4.80. The molecule has 0 bridgehead atoms. The summed E-state index contributed by atoms with van der Waals surface area (Å²) in [6.45, 7) is 16.6. The summed E-state index contributed by atoms with van der Waals surface area (Å²) >= 11 is 7.49. The van der Waals surface area contributed by atoms with Crippen molar-refractivity contribution in [1.29, 1.82) is 0 Å². The highest BCUT2D eigenvalue weighted by atomic mass is 32.1. The van der Waals surface area contributed by atoms with Crippen LogP contribution in [-0.4, -0.2) is 179 Å². The number of thiazole rings is 1. The molecule has 0 saturated carbocycles. The Hall–Kier alpha value is -8.01. The maximum absolute atomic E-state index is 14.7. The number of carbonyl (C=O) groups excluding carboxylic acids is 10. The summed E-state index contributed by atoms with van der Waals surface area (Å²) in [6.07, 6.45) is 6.57. The Morgan fingerprint density at radius 1 is 0.842 bits per heavy atom. The van der Waals surface area contributed by atoms with Gasteiger partial charge in [0.05, 0.1) is 36.4 Å². The number of amides is 11. The van der Waals surface area contributed by atoms with Crippen LogP contribution in [-0.2, 0) is 65.6 Å². The number of benzene rings is 2. The summed E-state index contributed by atoms with van der Waals surface area (Å²) in [5, 5.41) is 18.9. The normalized spacial score (nSPS) is 16.7. The van der Waals surface area contributed by atoms with Crippen molar-refractivity contribution in [2.45, 2.75) is 188 Å². The molecule has 1 saturated heterocycles. The van der Waals surface area contributed by atoms with Gasteiger partial charge >= 0.3 is 12.1 Å². The third-order valence-corrected chi connectivity index (χ3v) is 18.5. The number of nitrogens with two attached hydrogens (primary N) is 1. The number of aliphatic imine (C=N–C) groups is 1. The molecular weight excluding hydrogens is 1260 g/mol. The molecule has 3 heterocycles. The highest BCUT2D eigenvalue weighted by Gasteiger charge is 2.44. The van der Waals surface area contributed by atoms with Gasteiger partial charge in [-0.15, -0.1) is 11.3 Å². The van der Waals surface area contributed by atoms with Gasteiger partial charge in [-0.2, -0.15) is 0 Å². The van der Waals surface area contributed by atoms with Gasteiger partial charge in [-0.25, -0.2) is 19.6 Å². The molecule has 520 valence electrons. The van der Waals surface area contributed by atoms with Crippen LogP contribution in [0.25, 0.3) is 0 Å². The molecular formula is C68H98N12O13S2. The van der Waals surface area contributed by atoms with Crippen LogP contribution in [0.2, 0.25) is 0 Å². The number of anilines is 1. The van der Waals surface area contributed by atoms with E-state index in [0.29, 0.717) is 61.3 Å². The van der Waals surface area contributed by atoms with Crippen molar-refractivity contribution in [2.24, 2.45) is 34.4 Å². The molecule has 27 heteroatoms. The average Bonchev–Trinajstić information content (AvgIpc) is 1.79. The Bertz CT molecular complexity index is 3150. The van der Waals surface area contributed by atoms with Crippen molar-refractivity contribution in [2.75, 3.05) is 46.2 Å². The molecule has 2 aliphatic heterocycles. The number of hydrogen-bond acceptors (Lipinski definition) is 16. The number of nitrogens with zero attached hydrogens (tertiary/aromatic N) is 5. The SMILES string of the molecule is CC[C@H](C)C([C@@H](CC(=O)N1CCC[C@H]1C(OC)[C@@H](C)C(=S)N=C(Cc1ccccc1)c1nccs1)OC)N(C)C(=O)[C@@H](NC(=O)C(C)(C)NC(=O)OCc1ccc(NC(=O)[C@H](CCCNC(N)=O)NC(=O)[C@@H](NC(=O)CCCCCN2C(=O)C=CC2=O)C(C)C)cc1)C(C)C. The van der Waals surface area contributed by atoms with Crippen LogP contribution in [0.3, 0.4) is 0 Å². The van der Waals surface area contributed by atoms with Gasteiger partial charge in [0.2, 0.25) is 35.4 Å². The first-order valence-corrected chi connectivity index (χ1v) is 33.9. The minimum absolute atomic E-state index is 0.0387. The zero-order valence-corrected chi connectivity index (χ0v) is 58.5. The topological polar surface area (TPSA) is 332 Å². The molecule has 0 aliphatic carbocycles. The molecule has 5 rings (SSSR count). The molecule has 2 aromatic carbocycles. The number of carbonyl (C=O) groups is 10. The molecule has 2 unspecified atom stereocenters. The smallest absolute Gasteiger partial charge is 0.408 e. The Morgan fingerprint density at radius 3 is 2.12 bits per heavy atom. The van der Waals surface area contributed by atoms with E-state index >= 15 is 0 Å². The highest BCUT2D eigenvalue weighted by molar-refractivity contribution is 7.80. The fraction of sp³-hybridized carbons (Fsp3) is 0.574. The van der Waals surface area contributed by atoms with Gasteiger partial charge in [-0.3, -0.25) is 43.3 Å². The quantitative estimate of drug-likeness (QED) is 0.0136. The second kappa shape index (κ2) is 37.9. The molecule has 95 heavy (non-hydrogen) atoms. The molecule has 2 aliphatic rings. The molecule has 1 aromatic heterocycles. The van der Waals surface area contributed by atoms with Crippen LogP contribution in [0.1, 0.15) is 143 Å². The van der Waals surface area contributed by atoms with Crippen LogP contribution in [0.5, 0.6) is 0 Å². The number of rotatable bonds is 37. The number of likely N-dealkylation sites (N-methyl/N-ethyl adjacent to an activating group) is 1. The average molecular weight is 1360 g/mol. The van der Waals surface area contributed by atoms with Crippen molar-refractivity contribution in [3.05, 3.63) is 94.5 Å². The first kappa shape index (κ1) is 77.7. The van der Waals surface area contributed by atoms with Gasteiger partial charge in [0.15, 0.2) is 0 Å². The van der Waals surface area contributed by atoms with Crippen molar-refractivity contribution < 1.29 is 62.2 Å². The third-order valence-electron chi connectivity index (χ3n) is 17.2. The van der Waals surface area contributed by atoms with Crippen LogP contribution in [0, 0.1) is 23.7 Å². The lowest BCUT2D eigenvalue weighted by Gasteiger charge is -2.41. The largest absolute Gasteiger partial charge is 0.445 e. The Balaban J connectivity index is 1.16. The Morgan fingerprint density at radius 2 is 1.52 bits per heavy atom. The van der Waals surface area contributed by atoms with E-state index in [1.807, 2.05) is 61.4 Å². The number of urea groups is 1. The number of alkyl carbamates (subject to hydrolysis) is 1. The Labute approximate surface area is 567 Å². The molecule has 9 atom stereocenters. The number of nitrogens with one attached hydrogen (secondary N) is 6. The summed E-state index contributed by atoms with van der Waals surface area (Å²) in [4.78, 5) is 147. The minimum atomic E-state index is -1.58. The van der Waals surface area contributed by atoms with E-state index in [2.05, 4.69) is 36.9 Å². The second-order valence-electron chi connectivity index (χ2n) is 25.4. The van der Waals surface area contributed by atoms with Gasteiger partial charge < -0.3 is 61.6 Å². The van der Waals surface area contributed by atoms with E-state index in [-0.39, 0.29) is 92.8 Å². The van der Waals surface area contributed by atoms with Gasteiger partial charge in [0, 0.05) is 89.1 Å². The number of aromatic nitrogens is 1. The van der Waals surface area contributed by atoms with Crippen LogP contribution in [0.4, 0.5) is 15.3 Å². The van der Waals surface area contributed by atoms with Crippen LogP contribution < -0.4 is 37.6 Å². The number of unbranched alkanes of at least 4 members (excludes halogenated alkanes) is 2. The van der Waals surface area contributed by atoms with Crippen molar-refractivity contribution in [1.82, 2.24) is 46.3 Å². The molecule has 11 amide bonds. The maximum atomic E-state index is 14.7. The van der Waals surface area contributed by atoms with Crippen molar-refractivity contribution in [3.63, 3.8) is 0 Å². The lowest BCUT2D eigenvalue weighted by atomic mass is 9.89. The summed E-state index contributed by atoms with van der Waals surface area (Å²) < 4.78 is 17.8. The lowest BCUT2D eigenvalue weighted by molar-refractivity contribution is -0.147. The molecule has 0 radical (unpaired) electrons. The fourth-order valence-corrected chi connectivity index (χ4v) is 12.4. The van der Waals surface area contributed by atoms with E-state index in [9.17, 15) is 47.9 Å². The number of primary amides is 1. The standard InChI is InChI=1S/C68H98N12O13S2/c1-13-43(6)58(51(91-11)39-55(84)79-36-21-25-50(79)59(92-12)44(7)62(94)74-49(63-70-34-37-95-63)38-45-22-16-14-17-23-45)78(10)64(87)57(42(4)5)76-65(88)68(8,9)77-67(90)93-40-46-27-29-47(30-28-46)72-60(85)48(24-20-33-71-66(69)89)73-61(86)56(41(2)3)75-52(81)26-18-15-19-35-80-53(82)31-32-54(80)83/h14,16-17,22-23,27-32,34,37,41-44,48,50-51,56-59H,13,15,18-21,24-26,33,35-36,38-40H2,1-12H3,(H,72,85)(H,73,86)(H,75,81)(H,76,88)(H,77,90)(H3,69,71,89)/t43-,44+,48-,50-,51+,56-,57-,58?,59?/m0/s1. The van der Waals surface area contributed by atoms with Gasteiger partial charge in [0.1, 0.15) is 40.3 Å². The highest BCUT2D eigenvalue weighted by Crippen LogP contribution is 2.31. The molecule has 1 fully saturated rings. The van der Waals surface area contributed by atoms with Gasteiger partial charge in [-0.1, -0.05) is 116 Å².